The van der Waals surface area contributed by atoms with Crippen LogP contribution in [0.5, 0.6) is 0 Å². The Bertz CT molecular complexity index is 1070. The molecule has 1 atom stereocenters. The molecular weight excluding hydrogens is 429 g/mol. The third-order valence-corrected chi connectivity index (χ3v) is 7.24. The molecule has 2 aromatic heterocycles. The molecule has 1 unspecified atom stereocenters. The number of nitrogens with one attached hydrogen (secondary N) is 1. The van der Waals surface area contributed by atoms with Gasteiger partial charge in [0.2, 0.25) is 5.91 Å². The van der Waals surface area contributed by atoms with Crippen molar-refractivity contribution >= 4 is 23.2 Å². The number of carbonyl (C=O) groups excluding carboxylic acids is 2. The van der Waals surface area contributed by atoms with Gasteiger partial charge in [-0.1, -0.05) is 6.92 Å². The zero-order chi connectivity index (χ0) is 22.7. The molecule has 0 saturated carbocycles. The number of benzene rings is 1. The maximum absolute atomic E-state index is 13.2. The van der Waals surface area contributed by atoms with Gasteiger partial charge in [0.05, 0.1) is 18.5 Å². The molecule has 1 aliphatic heterocycles. The van der Waals surface area contributed by atoms with Crippen molar-refractivity contribution in [3.63, 3.8) is 0 Å². The lowest BCUT2D eigenvalue weighted by Gasteiger charge is -2.34. The van der Waals surface area contributed by atoms with Crippen LogP contribution in [0.1, 0.15) is 40.9 Å². The average Bonchev–Trinajstić information content (AvgIpc) is 3.47. The van der Waals surface area contributed by atoms with Crippen LogP contribution in [0, 0.1) is 24.6 Å². The lowest BCUT2D eigenvalue weighted by Crippen LogP contribution is -2.42. The fraction of sp³-hybridized carbons (Fsp3) is 0.375. The smallest absolute Gasteiger partial charge is 0.265 e. The molecule has 1 saturated heterocycles. The van der Waals surface area contributed by atoms with Crippen LogP contribution in [0.4, 0.5) is 4.39 Å². The van der Waals surface area contributed by atoms with Gasteiger partial charge in [0.25, 0.3) is 5.91 Å². The van der Waals surface area contributed by atoms with E-state index in [1.165, 1.54) is 23.5 Å². The van der Waals surface area contributed by atoms with E-state index in [-0.39, 0.29) is 29.5 Å². The van der Waals surface area contributed by atoms with E-state index in [0.29, 0.717) is 35.2 Å². The Morgan fingerprint density at radius 2 is 1.97 bits per heavy atom. The SMILES string of the molecule is Cc1nc(-c2ccc(F)cc2)sc1C(=O)N1CCC(C(C)C(=O)NCc2ccco2)CC1. The summed E-state index contributed by atoms with van der Waals surface area (Å²) < 4.78 is 18.5. The minimum absolute atomic E-state index is 0.00779. The number of nitrogens with zero attached hydrogens (tertiary/aromatic N) is 2. The molecule has 1 fully saturated rings. The van der Waals surface area contributed by atoms with Gasteiger partial charge in [-0.25, -0.2) is 9.37 Å². The van der Waals surface area contributed by atoms with Crippen molar-refractivity contribution in [3.8, 4) is 10.6 Å². The lowest BCUT2D eigenvalue weighted by atomic mass is 9.85. The van der Waals surface area contributed by atoms with Crippen LogP contribution in [-0.2, 0) is 11.3 Å². The molecule has 168 valence electrons. The molecule has 0 bridgehead atoms. The first-order valence-corrected chi connectivity index (χ1v) is 11.6. The van der Waals surface area contributed by atoms with E-state index in [1.807, 2.05) is 24.8 Å². The monoisotopic (exact) mass is 455 g/mol. The quantitative estimate of drug-likeness (QED) is 0.587. The Labute approximate surface area is 190 Å². The number of aryl methyl sites for hydroxylation is 1. The molecule has 0 radical (unpaired) electrons. The third kappa shape index (κ3) is 4.91. The molecular formula is C24H26FN3O3S. The summed E-state index contributed by atoms with van der Waals surface area (Å²) in [5.41, 5.74) is 1.48. The second-order valence-corrected chi connectivity index (χ2v) is 9.15. The Kier molecular flexibility index (Phi) is 6.69. The highest BCUT2D eigenvalue weighted by Crippen LogP contribution is 2.31. The molecule has 3 heterocycles. The summed E-state index contributed by atoms with van der Waals surface area (Å²) in [6.07, 6.45) is 3.15. The van der Waals surface area contributed by atoms with Gasteiger partial charge in [0.15, 0.2) is 0 Å². The normalized spacial score (nSPS) is 15.5. The van der Waals surface area contributed by atoms with Gasteiger partial charge >= 0.3 is 0 Å². The second kappa shape index (κ2) is 9.65. The van der Waals surface area contributed by atoms with Crippen LogP contribution in [-0.4, -0.2) is 34.8 Å². The van der Waals surface area contributed by atoms with E-state index < -0.39 is 0 Å². The molecule has 1 aromatic carbocycles. The number of aromatic nitrogens is 1. The minimum Gasteiger partial charge on any atom is -0.467 e. The van der Waals surface area contributed by atoms with E-state index >= 15 is 0 Å². The maximum Gasteiger partial charge on any atom is 0.265 e. The van der Waals surface area contributed by atoms with E-state index in [2.05, 4.69) is 10.3 Å². The van der Waals surface area contributed by atoms with E-state index in [1.54, 1.807) is 24.5 Å². The Morgan fingerprint density at radius 1 is 1.25 bits per heavy atom. The zero-order valence-electron chi connectivity index (χ0n) is 18.1. The van der Waals surface area contributed by atoms with Crippen LogP contribution < -0.4 is 5.32 Å². The van der Waals surface area contributed by atoms with Crippen molar-refractivity contribution in [3.05, 3.63) is 64.8 Å². The zero-order valence-corrected chi connectivity index (χ0v) is 19.0. The largest absolute Gasteiger partial charge is 0.467 e. The molecule has 2 amide bonds. The molecule has 1 N–H and O–H groups in total. The number of thiazole rings is 1. The van der Waals surface area contributed by atoms with E-state index in [9.17, 15) is 14.0 Å². The minimum atomic E-state index is -0.301. The standard InChI is InChI=1S/C24H26FN3O3S/c1-15(22(29)26-14-20-4-3-13-31-20)17-9-11-28(12-10-17)24(30)21-16(2)27-23(32-21)18-5-7-19(25)8-6-18/h3-8,13,15,17H,9-12,14H2,1-2H3,(H,26,29). The molecule has 3 aromatic rings. The second-order valence-electron chi connectivity index (χ2n) is 8.16. The highest BCUT2D eigenvalue weighted by molar-refractivity contribution is 7.17. The summed E-state index contributed by atoms with van der Waals surface area (Å²) in [6.45, 7) is 5.39. The first kappa shape index (κ1) is 22.2. The number of carbonyl (C=O) groups is 2. The number of halogens is 1. The molecule has 32 heavy (non-hydrogen) atoms. The van der Waals surface area contributed by atoms with E-state index in [4.69, 9.17) is 4.42 Å². The summed E-state index contributed by atoms with van der Waals surface area (Å²) >= 11 is 1.34. The molecule has 0 spiro atoms. The number of hydrogen-bond acceptors (Lipinski definition) is 5. The number of rotatable bonds is 6. The predicted molar refractivity (Wildman–Crippen MR) is 121 cm³/mol. The molecule has 8 heteroatoms. The summed E-state index contributed by atoms with van der Waals surface area (Å²) in [6, 6.07) is 9.76. The van der Waals surface area contributed by atoms with Crippen molar-refractivity contribution < 1.29 is 18.4 Å². The van der Waals surface area contributed by atoms with Crippen molar-refractivity contribution in [2.24, 2.45) is 11.8 Å². The van der Waals surface area contributed by atoms with Crippen LogP contribution in [0.25, 0.3) is 10.6 Å². The Morgan fingerprint density at radius 3 is 2.62 bits per heavy atom. The first-order chi connectivity index (χ1) is 15.4. The van der Waals surface area contributed by atoms with Gasteiger partial charge in [-0.2, -0.15) is 0 Å². The summed E-state index contributed by atoms with van der Waals surface area (Å²) in [7, 11) is 0. The molecule has 1 aliphatic rings. The van der Waals surface area contributed by atoms with Crippen molar-refractivity contribution in [1.82, 2.24) is 15.2 Å². The average molecular weight is 456 g/mol. The molecule has 6 nitrogen and oxygen atoms in total. The van der Waals surface area contributed by atoms with Crippen LogP contribution in [0.15, 0.2) is 47.1 Å². The topological polar surface area (TPSA) is 75.4 Å². The fourth-order valence-corrected chi connectivity index (χ4v) is 5.06. The number of hydrogen-bond donors (Lipinski definition) is 1. The molecule has 0 aliphatic carbocycles. The number of piperidine rings is 1. The Balaban J connectivity index is 1.33. The fourth-order valence-electron chi connectivity index (χ4n) is 4.02. The van der Waals surface area contributed by atoms with E-state index in [0.717, 1.165) is 24.2 Å². The van der Waals surface area contributed by atoms with Crippen LogP contribution >= 0.6 is 11.3 Å². The van der Waals surface area contributed by atoms with Crippen molar-refractivity contribution in [1.29, 1.82) is 0 Å². The van der Waals surface area contributed by atoms with Gasteiger partial charge in [-0.15, -0.1) is 11.3 Å². The summed E-state index contributed by atoms with van der Waals surface area (Å²) in [5.74, 6) is 0.511. The molecule has 4 rings (SSSR count). The highest BCUT2D eigenvalue weighted by Gasteiger charge is 2.31. The van der Waals surface area contributed by atoms with Gasteiger partial charge in [-0.3, -0.25) is 9.59 Å². The lowest BCUT2D eigenvalue weighted by molar-refractivity contribution is -0.126. The highest BCUT2D eigenvalue weighted by atomic mass is 32.1. The van der Waals surface area contributed by atoms with Crippen LogP contribution in [0.3, 0.4) is 0 Å². The first-order valence-electron chi connectivity index (χ1n) is 10.7. The van der Waals surface area contributed by atoms with Crippen molar-refractivity contribution in [2.45, 2.75) is 33.2 Å². The Hall–Kier alpha value is -3.00. The number of furan rings is 1. The summed E-state index contributed by atoms with van der Waals surface area (Å²) in [4.78, 5) is 32.6. The van der Waals surface area contributed by atoms with Gasteiger partial charge < -0.3 is 14.6 Å². The van der Waals surface area contributed by atoms with Gasteiger partial charge in [0.1, 0.15) is 21.5 Å². The maximum atomic E-state index is 13.2. The number of amides is 2. The van der Waals surface area contributed by atoms with Gasteiger partial charge in [0, 0.05) is 24.6 Å². The predicted octanol–water partition coefficient (Wildman–Crippen LogP) is 4.66. The van der Waals surface area contributed by atoms with Gasteiger partial charge in [-0.05, 0) is 62.1 Å². The van der Waals surface area contributed by atoms with Crippen molar-refractivity contribution in [2.75, 3.05) is 13.1 Å². The number of likely N-dealkylation sites (tertiary alicyclic amines) is 1. The third-order valence-electron chi connectivity index (χ3n) is 6.05. The summed E-state index contributed by atoms with van der Waals surface area (Å²) in [5, 5.41) is 3.64. The van der Waals surface area contributed by atoms with Crippen LogP contribution in [0.2, 0.25) is 0 Å².